The highest BCUT2D eigenvalue weighted by atomic mass is 19.1. The molecule has 0 unspecified atom stereocenters. The van der Waals surface area contributed by atoms with Gasteiger partial charge in [0.05, 0.1) is 5.56 Å². The number of hydrogen-bond acceptors (Lipinski definition) is 5. The van der Waals surface area contributed by atoms with Gasteiger partial charge < -0.3 is 10.2 Å². The maximum absolute atomic E-state index is 14.0. The highest BCUT2D eigenvalue weighted by molar-refractivity contribution is 5.60. The van der Waals surface area contributed by atoms with Crippen LogP contribution in [0.3, 0.4) is 0 Å². The second kappa shape index (κ2) is 6.16. The Morgan fingerprint density at radius 2 is 1.88 bits per heavy atom. The summed E-state index contributed by atoms with van der Waals surface area (Å²) in [7, 11) is 4.07. The zero-order chi connectivity index (χ0) is 17.3. The summed E-state index contributed by atoms with van der Waals surface area (Å²) < 4.78 is 15.6. The lowest BCUT2D eigenvalue weighted by atomic mass is 10.0. The largest absolute Gasteiger partial charge is 0.367 e. The Balaban J connectivity index is 1.94. The Kier molecular flexibility index (Phi) is 4.19. The van der Waals surface area contributed by atoms with Gasteiger partial charge in [-0.1, -0.05) is 12.1 Å². The van der Waals surface area contributed by atoms with Crippen molar-refractivity contribution in [2.45, 2.75) is 19.4 Å². The molecule has 1 N–H and O–H groups in total. The van der Waals surface area contributed by atoms with Crippen LogP contribution in [0.15, 0.2) is 36.4 Å². The molecule has 2 heterocycles. The van der Waals surface area contributed by atoms with E-state index < -0.39 is 0 Å². The maximum atomic E-state index is 14.0. The number of benzene rings is 1. The summed E-state index contributed by atoms with van der Waals surface area (Å²) in [4.78, 5) is 2.14. The monoisotopic (exact) mass is 328 g/mol. The van der Waals surface area contributed by atoms with Crippen molar-refractivity contribution in [3.8, 4) is 11.4 Å². The fourth-order valence-electron chi connectivity index (χ4n) is 2.16. The number of hydrogen-bond donors (Lipinski definition) is 1. The van der Waals surface area contributed by atoms with Gasteiger partial charge in [-0.05, 0) is 52.2 Å². The van der Waals surface area contributed by atoms with Crippen LogP contribution < -0.4 is 5.32 Å². The van der Waals surface area contributed by atoms with Gasteiger partial charge in [0.25, 0.3) is 0 Å². The molecule has 0 spiro atoms. The third-order valence-corrected chi connectivity index (χ3v) is 4.29. The van der Waals surface area contributed by atoms with E-state index >= 15 is 0 Å². The minimum absolute atomic E-state index is 0.0296. The van der Waals surface area contributed by atoms with E-state index in [2.05, 4.69) is 39.4 Å². The van der Waals surface area contributed by atoms with Crippen LogP contribution in [-0.2, 0) is 0 Å². The van der Waals surface area contributed by atoms with E-state index in [1.807, 2.05) is 26.2 Å². The zero-order valence-corrected chi connectivity index (χ0v) is 14.3. The molecular weight excluding hydrogens is 307 g/mol. The lowest BCUT2D eigenvalue weighted by Crippen LogP contribution is -2.44. The van der Waals surface area contributed by atoms with Crippen LogP contribution >= 0.6 is 0 Å². The van der Waals surface area contributed by atoms with E-state index in [9.17, 15) is 4.39 Å². The molecule has 24 heavy (non-hydrogen) atoms. The first-order chi connectivity index (χ1) is 11.4. The van der Waals surface area contributed by atoms with Crippen LogP contribution in [0.2, 0.25) is 0 Å². The maximum Gasteiger partial charge on any atom is 0.188 e. The number of nitrogens with one attached hydrogen (secondary N) is 1. The van der Waals surface area contributed by atoms with Gasteiger partial charge in [-0.25, -0.2) is 4.39 Å². The Bertz CT molecular complexity index is 855. The van der Waals surface area contributed by atoms with Crippen LogP contribution in [-0.4, -0.2) is 50.9 Å². The fraction of sp³-hybridized carbons (Fsp3) is 0.353. The quantitative estimate of drug-likeness (QED) is 0.780. The first-order valence-corrected chi connectivity index (χ1v) is 7.77. The summed E-state index contributed by atoms with van der Waals surface area (Å²) in [5, 5.41) is 16.0. The van der Waals surface area contributed by atoms with Crippen LogP contribution in [0.1, 0.15) is 13.8 Å². The van der Waals surface area contributed by atoms with Gasteiger partial charge in [0.2, 0.25) is 0 Å². The molecule has 3 rings (SSSR count). The molecule has 0 saturated carbocycles. The zero-order valence-electron chi connectivity index (χ0n) is 14.3. The van der Waals surface area contributed by atoms with Crippen molar-refractivity contribution < 1.29 is 4.39 Å². The highest BCUT2D eigenvalue weighted by Gasteiger charge is 2.20. The molecule has 7 heteroatoms. The minimum atomic E-state index is -0.347. The lowest BCUT2D eigenvalue weighted by Gasteiger charge is -2.32. The molecule has 6 nitrogen and oxygen atoms in total. The molecule has 126 valence electrons. The van der Waals surface area contributed by atoms with Crippen molar-refractivity contribution in [3.63, 3.8) is 0 Å². The molecule has 0 amide bonds. The van der Waals surface area contributed by atoms with Crippen LogP contribution in [0.5, 0.6) is 0 Å². The molecule has 3 aromatic rings. The number of rotatable bonds is 5. The normalized spacial score (nSPS) is 12.1. The van der Waals surface area contributed by atoms with E-state index in [1.54, 1.807) is 22.7 Å². The number of aromatic nitrogens is 4. The summed E-state index contributed by atoms with van der Waals surface area (Å²) in [6, 6.07) is 10.1. The first-order valence-electron chi connectivity index (χ1n) is 7.77. The van der Waals surface area contributed by atoms with Crippen molar-refractivity contribution in [3.05, 3.63) is 42.2 Å². The van der Waals surface area contributed by atoms with Crippen molar-refractivity contribution in [2.75, 3.05) is 26.0 Å². The summed E-state index contributed by atoms with van der Waals surface area (Å²) in [6.45, 7) is 5.00. The minimum Gasteiger partial charge on any atom is -0.367 e. The summed E-state index contributed by atoms with van der Waals surface area (Å²) in [5.41, 5.74) is 0.923. The predicted molar refractivity (Wildman–Crippen MR) is 92.4 cm³/mol. The molecule has 2 aromatic heterocycles. The van der Waals surface area contributed by atoms with E-state index in [0.29, 0.717) is 22.9 Å². The summed E-state index contributed by atoms with van der Waals surface area (Å²) in [6.07, 6.45) is 0. The molecule has 0 fully saturated rings. The van der Waals surface area contributed by atoms with Gasteiger partial charge in [0, 0.05) is 12.1 Å². The summed E-state index contributed by atoms with van der Waals surface area (Å²) >= 11 is 0. The first kappa shape index (κ1) is 16.3. The Hall–Kier alpha value is -2.54. The van der Waals surface area contributed by atoms with E-state index in [0.717, 1.165) is 6.54 Å². The molecule has 0 aliphatic rings. The number of fused-ring (bicyclic) bond motifs is 1. The Morgan fingerprint density at radius 1 is 1.12 bits per heavy atom. The van der Waals surface area contributed by atoms with Crippen molar-refractivity contribution in [1.29, 1.82) is 0 Å². The van der Waals surface area contributed by atoms with Gasteiger partial charge >= 0.3 is 0 Å². The SMILES string of the molecule is CN(C)C(C)(C)CNc1ccc2nnc(-c3ccccc3F)n2n1. The van der Waals surface area contributed by atoms with Crippen LogP contribution in [0.25, 0.3) is 17.0 Å². The molecule has 0 aliphatic heterocycles. The Labute approximate surface area is 140 Å². The summed E-state index contributed by atoms with van der Waals surface area (Å²) in [5.74, 6) is 0.731. The molecule has 1 aromatic carbocycles. The van der Waals surface area contributed by atoms with Gasteiger partial charge in [-0.3, -0.25) is 0 Å². The average Bonchev–Trinajstić information content (AvgIpc) is 2.96. The second-order valence-corrected chi connectivity index (χ2v) is 6.55. The number of nitrogens with zero attached hydrogens (tertiary/aromatic N) is 5. The van der Waals surface area contributed by atoms with Gasteiger partial charge in [0.1, 0.15) is 11.6 Å². The number of anilines is 1. The molecule has 0 saturated heterocycles. The lowest BCUT2D eigenvalue weighted by molar-refractivity contribution is 0.210. The molecule has 0 aliphatic carbocycles. The standard InChI is InChI=1S/C17H21FN6/c1-17(2,23(3)4)11-19-14-9-10-15-20-21-16(24(15)22-14)12-7-5-6-8-13(12)18/h5-10H,11H2,1-4H3,(H,19,22). The van der Waals surface area contributed by atoms with Gasteiger partial charge in [0.15, 0.2) is 11.5 Å². The smallest absolute Gasteiger partial charge is 0.188 e. The average molecular weight is 328 g/mol. The predicted octanol–water partition coefficient (Wildman–Crippen LogP) is 2.68. The molecule has 0 atom stereocenters. The van der Waals surface area contributed by atoms with E-state index in [1.165, 1.54) is 6.07 Å². The van der Waals surface area contributed by atoms with Gasteiger partial charge in [-0.15, -0.1) is 15.3 Å². The molecule has 0 bridgehead atoms. The number of likely N-dealkylation sites (N-methyl/N-ethyl adjacent to an activating group) is 1. The van der Waals surface area contributed by atoms with E-state index in [-0.39, 0.29) is 11.4 Å². The van der Waals surface area contributed by atoms with Crippen LogP contribution in [0.4, 0.5) is 10.2 Å². The third kappa shape index (κ3) is 3.07. The molecule has 0 radical (unpaired) electrons. The number of halogens is 1. The van der Waals surface area contributed by atoms with Crippen molar-refractivity contribution >= 4 is 11.5 Å². The molecular formula is C17H21FN6. The Morgan fingerprint density at radius 3 is 2.58 bits per heavy atom. The highest BCUT2D eigenvalue weighted by Crippen LogP contribution is 2.21. The third-order valence-electron chi connectivity index (χ3n) is 4.29. The van der Waals surface area contributed by atoms with Crippen molar-refractivity contribution in [2.24, 2.45) is 0 Å². The van der Waals surface area contributed by atoms with Gasteiger partial charge in [-0.2, -0.15) is 4.52 Å². The second-order valence-electron chi connectivity index (χ2n) is 6.55. The topological polar surface area (TPSA) is 58.3 Å². The van der Waals surface area contributed by atoms with Crippen molar-refractivity contribution in [1.82, 2.24) is 24.7 Å². The fourth-order valence-corrected chi connectivity index (χ4v) is 2.16. The van der Waals surface area contributed by atoms with Crippen LogP contribution in [0, 0.1) is 5.82 Å². The van der Waals surface area contributed by atoms with E-state index in [4.69, 9.17) is 0 Å².